The molecule has 0 amide bonds. The van der Waals surface area contributed by atoms with Crippen LogP contribution in [0.15, 0.2) is 51.8 Å². The zero-order chi connectivity index (χ0) is 24.3. The molecule has 1 aromatic heterocycles. The minimum absolute atomic E-state index is 0.255. The van der Waals surface area contributed by atoms with Crippen LogP contribution < -0.4 is 9.64 Å². The highest BCUT2D eigenvalue weighted by Crippen LogP contribution is 2.29. The van der Waals surface area contributed by atoms with Crippen molar-refractivity contribution in [3.63, 3.8) is 0 Å². The average Bonchev–Trinajstić information content (AvgIpc) is 3.15. The fourth-order valence-corrected chi connectivity index (χ4v) is 6.10. The Balaban J connectivity index is 1.53. The molecule has 0 atom stereocenters. The minimum atomic E-state index is -3.57. The highest BCUT2D eigenvalue weighted by molar-refractivity contribution is 7.89. The lowest BCUT2D eigenvalue weighted by atomic mass is 10.2. The topological polar surface area (TPSA) is 71.2 Å². The lowest BCUT2D eigenvalue weighted by molar-refractivity contribution is 0.204. The smallest absolute Gasteiger partial charge is 0.270 e. The third kappa shape index (κ3) is 4.86. The standard InChI is InChI=1S/C24H32N4O4S2/c1-4-27(5-2)34(29,30)19-11-12-23-21(17-19)28(24(33)32-23)18-25-13-15-26(16-14-25)20-9-7-8-10-22(20)31-6-3/h7-12,17H,4-6,13-16,18H2,1-3H3. The number of oxazole rings is 1. The third-order valence-electron chi connectivity index (χ3n) is 6.20. The molecule has 4 rings (SSSR count). The Labute approximate surface area is 206 Å². The minimum Gasteiger partial charge on any atom is -0.492 e. The quantitative estimate of drug-likeness (QED) is 0.405. The molecule has 0 bridgehead atoms. The van der Waals surface area contributed by atoms with Gasteiger partial charge in [-0.05, 0) is 49.5 Å². The van der Waals surface area contributed by atoms with Crippen molar-refractivity contribution in [2.75, 3.05) is 50.8 Å². The SMILES string of the molecule is CCOc1ccccc1N1CCN(Cn2c(=S)oc3ccc(S(=O)(=O)N(CC)CC)cc32)CC1. The van der Waals surface area contributed by atoms with E-state index in [1.807, 2.05) is 43.5 Å². The van der Waals surface area contributed by atoms with E-state index in [1.165, 1.54) is 4.31 Å². The first-order chi connectivity index (χ1) is 16.4. The van der Waals surface area contributed by atoms with Crippen LogP contribution in [0.2, 0.25) is 0 Å². The van der Waals surface area contributed by atoms with Gasteiger partial charge >= 0.3 is 0 Å². The van der Waals surface area contributed by atoms with E-state index >= 15 is 0 Å². The molecule has 0 N–H and O–H groups in total. The zero-order valence-corrected chi connectivity index (χ0v) is 21.6. The average molecular weight is 505 g/mol. The molecule has 2 heterocycles. The largest absolute Gasteiger partial charge is 0.492 e. The summed E-state index contributed by atoms with van der Waals surface area (Å²) in [6.07, 6.45) is 0. The maximum absolute atomic E-state index is 13.0. The first-order valence-electron chi connectivity index (χ1n) is 11.7. The number of ether oxygens (including phenoxy) is 1. The van der Waals surface area contributed by atoms with Crippen LogP contribution in [-0.4, -0.2) is 68.1 Å². The van der Waals surface area contributed by atoms with Gasteiger partial charge in [-0.15, -0.1) is 0 Å². The van der Waals surface area contributed by atoms with Crippen molar-refractivity contribution in [3.05, 3.63) is 47.3 Å². The molecule has 0 spiro atoms. The van der Waals surface area contributed by atoms with Crippen LogP contribution in [0.5, 0.6) is 5.75 Å². The molecule has 3 aromatic rings. The number of piperazine rings is 1. The van der Waals surface area contributed by atoms with E-state index in [1.54, 1.807) is 18.2 Å². The first kappa shape index (κ1) is 24.7. The van der Waals surface area contributed by atoms with Gasteiger partial charge in [-0.2, -0.15) is 4.31 Å². The molecule has 1 aliphatic heterocycles. The van der Waals surface area contributed by atoms with Crippen LogP contribution in [0, 0.1) is 4.84 Å². The molecule has 0 aliphatic carbocycles. The summed E-state index contributed by atoms with van der Waals surface area (Å²) in [5, 5.41) is 0. The molecule has 8 nitrogen and oxygen atoms in total. The van der Waals surface area contributed by atoms with Crippen molar-refractivity contribution in [3.8, 4) is 5.75 Å². The number of para-hydroxylation sites is 2. The van der Waals surface area contributed by atoms with E-state index in [2.05, 4.69) is 15.9 Å². The van der Waals surface area contributed by atoms with E-state index in [0.29, 0.717) is 42.3 Å². The van der Waals surface area contributed by atoms with Gasteiger partial charge in [-0.1, -0.05) is 26.0 Å². The van der Waals surface area contributed by atoms with Crippen molar-refractivity contribution >= 4 is 39.0 Å². The molecule has 1 saturated heterocycles. The number of fused-ring (bicyclic) bond motifs is 1. The summed E-state index contributed by atoms with van der Waals surface area (Å²) in [5.41, 5.74) is 2.40. The Morgan fingerprint density at radius 1 is 1.03 bits per heavy atom. The van der Waals surface area contributed by atoms with Gasteiger partial charge in [0, 0.05) is 39.3 Å². The van der Waals surface area contributed by atoms with Crippen LogP contribution in [0.25, 0.3) is 11.1 Å². The molecule has 1 fully saturated rings. The van der Waals surface area contributed by atoms with E-state index in [4.69, 9.17) is 21.4 Å². The van der Waals surface area contributed by atoms with Gasteiger partial charge in [-0.3, -0.25) is 9.47 Å². The summed E-state index contributed by atoms with van der Waals surface area (Å²) in [6.45, 7) is 11.1. The summed E-state index contributed by atoms with van der Waals surface area (Å²) in [7, 11) is -3.57. The maximum Gasteiger partial charge on any atom is 0.270 e. The number of hydrogen-bond acceptors (Lipinski definition) is 7. The van der Waals surface area contributed by atoms with Gasteiger partial charge in [0.1, 0.15) is 5.75 Å². The van der Waals surface area contributed by atoms with Gasteiger partial charge < -0.3 is 14.1 Å². The monoisotopic (exact) mass is 504 g/mol. The normalized spacial score (nSPS) is 15.4. The Morgan fingerprint density at radius 3 is 2.41 bits per heavy atom. The molecule has 0 saturated carbocycles. The number of hydrogen-bond donors (Lipinski definition) is 0. The van der Waals surface area contributed by atoms with Crippen LogP contribution in [-0.2, 0) is 16.7 Å². The molecular weight excluding hydrogens is 472 g/mol. The number of benzene rings is 2. The van der Waals surface area contributed by atoms with Crippen molar-refractivity contribution < 1.29 is 17.6 Å². The lowest BCUT2D eigenvalue weighted by Gasteiger charge is -2.36. The summed E-state index contributed by atoms with van der Waals surface area (Å²) in [6, 6.07) is 13.1. The Morgan fingerprint density at radius 2 is 1.74 bits per heavy atom. The van der Waals surface area contributed by atoms with Gasteiger partial charge in [0.25, 0.3) is 4.84 Å². The number of nitrogens with zero attached hydrogens (tertiary/aromatic N) is 4. The maximum atomic E-state index is 13.0. The molecule has 34 heavy (non-hydrogen) atoms. The van der Waals surface area contributed by atoms with Crippen LogP contribution in [0.3, 0.4) is 0 Å². The van der Waals surface area contributed by atoms with Crippen LogP contribution in [0.4, 0.5) is 5.69 Å². The van der Waals surface area contributed by atoms with E-state index in [9.17, 15) is 8.42 Å². The third-order valence-corrected chi connectivity index (χ3v) is 8.55. The van der Waals surface area contributed by atoms with Crippen molar-refractivity contribution in [2.24, 2.45) is 0 Å². The Hall–Kier alpha value is -2.40. The number of rotatable bonds is 9. The predicted octanol–water partition coefficient (Wildman–Crippen LogP) is 4.17. The second-order valence-electron chi connectivity index (χ2n) is 8.16. The lowest BCUT2D eigenvalue weighted by Crippen LogP contribution is -2.46. The fourth-order valence-electron chi connectivity index (χ4n) is 4.38. The highest BCUT2D eigenvalue weighted by Gasteiger charge is 2.24. The molecule has 10 heteroatoms. The van der Waals surface area contributed by atoms with E-state index in [-0.39, 0.29) is 4.90 Å². The Kier molecular flexibility index (Phi) is 7.61. The molecule has 0 radical (unpaired) electrons. The van der Waals surface area contributed by atoms with E-state index in [0.717, 1.165) is 37.6 Å². The van der Waals surface area contributed by atoms with Gasteiger partial charge in [0.2, 0.25) is 10.0 Å². The summed E-state index contributed by atoms with van der Waals surface area (Å²) < 4.78 is 41.0. The summed E-state index contributed by atoms with van der Waals surface area (Å²) in [4.78, 5) is 5.24. The number of anilines is 1. The van der Waals surface area contributed by atoms with Crippen molar-refractivity contribution in [1.29, 1.82) is 0 Å². The van der Waals surface area contributed by atoms with Gasteiger partial charge in [0.05, 0.1) is 29.4 Å². The van der Waals surface area contributed by atoms with Crippen molar-refractivity contribution in [2.45, 2.75) is 32.3 Å². The van der Waals surface area contributed by atoms with Gasteiger partial charge in [0.15, 0.2) is 5.58 Å². The second-order valence-corrected chi connectivity index (χ2v) is 10.4. The second kappa shape index (κ2) is 10.5. The molecule has 0 unspecified atom stereocenters. The van der Waals surface area contributed by atoms with E-state index < -0.39 is 10.0 Å². The van der Waals surface area contributed by atoms with Crippen LogP contribution >= 0.6 is 12.2 Å². The highest BCUT2D eigenvalue weighted by atomic mass is 32.2. The summed E-state index contributed by atoms with van der Waals surface area (Å²) in [5.74, 6) is 0.906. The molecule has 184 valence electrons. The number of aromatic nitrogens is 1. The summed E-state index contributed by atoms with van der Waals surface area (Å²) >= 11 is 5.48. The van der Waals surface area contributed by atoms with Crippen LogP contribution in [0.1, 0.15) is 20.8 Å². The number of sulfonamides is 1. The Bertz CT molecular complexity index is 1290. The van der Waals surface area contributed by atoms with Gasteiger partial charge in [-0.25, -0.2) is 8.42 Å². The molecule has 1 aliphatic rings. The first-order valence-corrected chi connectivity index (χ1v) is 13.6. The molecule has 2 aromatic carbocycles. The van der Waals surface area contributed by atoms with Crippen molar-refractivity contribution in [1.82, 2.24) is 13.8 Å². The molecular formula is C24H32N4O4S2. The predicted molar refractivity (Wildman–Crippen MR) is 137 cm³/mol. The fraction of sp³-hybridized carbons (Fsp3) is 0.458. The zero-order valence-electron chi connectivity index (χ0n) is 19.9.